The van der Waals surface area contributed by atoms with Gasteiger partial charge in [-0.05, 0) is 30.2 Å². The second kappa shape index (κ2) is 5.39. The molecule has 4 rings (SSSR count). The van der Waals surface area contributed by atoms with Crippen LogP contribution in [0.2, 0.25) is 0 Å². The normalized spacial score (nSPS) is 28.6. The van der Waals surface area contributed by atoms with Crippen LogP contribution in [0.25, 0.3) is 0 Å². The van der Waals surface area contributed by atoms with E-state index in [2.05, 4.69) is 5.16 Å². The zero-order valence-electron chi connectivity index (χ0n) is 12.6. The summed E-state index contributed by atoms with van der Waals surface area (Å²) >= 11 is 6.02. The monoisotopic (exact) mass is 335 g/mol. The summed E-state index contributed by atoms with van der Waals surface area (Å²) in [6.45, 7) is 0.934. The van der Waals surface area contributed by atoms with Crippen LogP contribution in [0.5, 0.6) is 0 Å². The van der Waals surface area contributed by atoms with E-state index in [1.807, 2.05) is 30.3 Å². The first-order valence-electron chi connectivity index (χ1n) is 7.79. The number of benzene rings is 1. The van der Waals surface area contributed by atoms with Crippen LogP contribution in [0, 0.1) is 5.41 Å². The predicted molar refractivity (Wildman–Crippen MR) is 84.1 cm³/mol. The molecule has 2 aliphatic heterocycles. The van der Waals surface area contributed by atoms with Gasteiger partial charge in [0.25, 0.3) is 0 Å². The molecule has 6 nitrogen and oxygen atoms in total. The zero-order chi connectivity index (χ0) is 16.0. The molecule has 1 aromatic carbocycles. The average molecular weight is 336 g/mol. The summed E-state index contributed by atoms with van der Waals surface area (Å²) in [6, 6.07) is 9.29. The minimum atomic E-state index is -0.349. The molecule has 1 saturated carbocycles. The summed E-state index contributed by atoms with van der Waals surface area (Å²) in [7, 11) is 0. The van der Waals surface area contributed by atoms with Gasteiger partial charge in [-0.25, -0.2) is 4.79 Å². The van der Waals surface area contributed by atoms with Crippen molar-refractivity contribution in [1.82, 2.24) is 9.96 Å². The van der Waals surface area contributed by atoms with E-state index in [9.17, 15) is 4.79 Å². The maximum atomic E-state index is 12.7. The number of piperidine rings is 1. The van der Waals surface area contributed by atoms with Crippen molar-refractivity contribution in [2.24, 2.45) is 10.6 Å². The van der Waals surface area contributed by atoms with Gasteiger partial charge in [0.05, 0.1) is 12.1 Å². The number of oxime groups is 1. The van der Waals surface area contributed by atoms with E-state index in [1.54, 1.807) is 4.90 Å². The minimum absolute atomic E-state index is 0.0504. The third-order valence-corrected chi connectivity index (χ3v) is 5.57. The molecule has 0 aromatic heterocycles. The highest BCUT2D eigenvalue weighted by atomic mass is 35.5. The van der Waals surface area contributed by atoms with Gasteiger partial charge < -0.3 is 10.1 Å². The molecule has 1 unspecified atom stereocenters. The minimum Gasteiger partial charge on any atom is -0.410 e. The van der Waals surface area contributed by atoms with Gasteiger partial charge in [0, 0.05) is 6.54 Å². The lowest BCUT2D eigenvalue weighted by atomic mass is 9.85. The average Bonchev–Trinajstić information content (AvgIpc) is 3.29. The first-order valence-corrected chi connectivity index (χ1v) is 8.16. The number of halogens is 1. The fourth-order valence-corrected chi connectivity index (χ4v) is 3.97. The van der Waals surface area contributed by atoms with Crippen molar-refractivity contribution in [2.75, 3.05) is 6.54 Å². The number of hydroxylamine groups is 2. The number of nitrogens with zero attached hydrogens (tertiary/aromatic N) is 3. The quantitative estimate of drug-likeness (QED) is 0.523. The van der Waals surface area contributed by atoms with Gasteiger partial charge in [0.1, 0.15) is 6.61 Å². The van der Waals surface area contributed by atoms with Crippen molar-refractivity contribution in [1.29, 1.82) is 0 Å². The molecule has 3 fully saturated rings. The highest BCUT2D eigenvalue weighted by Crippen LogP contribution is 2.59. The van der Waals surface area contributed by atoms with Crippen LogP contribution < -0.4 is 0 Å². The Labute approximate surface area is 139 Å². The van der Waals surface area contributed by atoms with Crippen LogP contribution in [-0.2, 0) is 11.4 Å². The molecular formula is C16H18ClN3O3. The van der Waals surface area contributed by atoms with E-state index >= 15 is 0 Å². The van der Waals surface area contributed by atoms with Gasteiger partial charge >= 0.3 is 6.03 Å². The molecule has 2 heterocycles. The number of urea groups is 1. The van der Waals surface area contributed by atoms with E-state index in [0.29, 0.717) is 13.2 Å². The Balaban J connectivity index is 1.54. The number of hydrogen-bond donors (Lipinski definition) is 1. The fraction of sp³-hybridized carbons (Fsp3) is 0.500. The predicted octanol–water partition coefficient (Wildman–Crippen LogP) is 2.80. The third-order valence-electron chi connectivity index (χ3n) is 5.25. The zero-order valence-corrected chi connectivity index (χ0v) is 13.3. The lowest BCUT2D eigenvalue weighted by Crippen LogP contribution is -2.48. The Morgan fingerprint density at radius 2 is 2.13 bits per heavy atom. The van der Waals surface area contributed by atoms with Crippen molar-refractivity contribution in [2.45, 2.75) is 38.0 Å². The molecule has 3 aliphatic rings. The summed E-state index contributed by atoms with van der Waals surface area (Å²) in [5.41, 5.74) is 1.07. The summed E-state index contributed by atoms with van der Waals surface area (Å²) < 4.78 is 0. The molecule has 2 amide bonds. The summed E-state index contributed by atoms with van der Waals surface area (Å²) in [6.07, 6.45) is 2.84. The van der Waals surface area contributed by atoms with Gasteiger partial charge in [-0.3, -0.25) is 4.84 Å². The van der Waals surface area contributed by atoms with Crippen LogP contribution >= 0.6 is 11.6 Å². The second-order valence-corrected chi connectivity index (χ2v) is 6.93. The number of fused-ring (bicyclic) bond motifs is 3. The van der Waals surface area contributed by atoms with Crippen molar-refractivity contribution in [3.8, 4) is 0 Å². The second-order valence-electron chi connectivity index (χ2n) is 6.54. The molecule has 1 aliphatic carbocycles. The third kappa shape index (κ3) is 2.37. The van der Waals surface area contributed by atoms with E-state index in [0.717, 1.165) is 24.8 Å². The number of carbonyl (C=O) groups is 1. The standard InChI is InChI=1S/C16H18ClN3O3/c17-14(18-22)12-8-16(6-7-16)13-9-19(12)15(21)20(13)23-10-11-4-2-1-3-5-11/h1-5,12-13,22H,6-10H2/b18-14-/t12?,13-/m0/s1. The Hall–Kier alpha value is -1.79. The summed E-state index contributed by atoms with van der Waals surface area (Å²) in [5, 5.41) is 13.7. The van der Waals surface area contributed by atoms with Crippen molar-refractivity contribution < 1.29 is 14.8 Å². The van der Waals surface area contributed by atoms with Crippen LogP contribution in [0.1, 0.15) is 24.8 Å². The molecule has 2 atom stereocenters. The Kier molecular flexibility index (Phi) is 3.46. The molecular weight excluding hydrogens is 318 g/mol. The molecule has 1 N–H and O–H groups in total. The van der Waals surface area contributed by atoms with Gasteiger partial charge in [0.15, 0.2) is 5.17 Å². The Bertz CT molecular complexity index is 647. The highest BCUT2D eigenvalue weighted by molar-refractivity contribution is 6.66. The van der Waals surface area contributed by atoms with E-state index < -0.39 is 0 Å². The van der Waals surface area contributed by atoms with Crippen molar-refractivity contribution >= 4 is 22.8 Å². The molecule has 7 heteroatoms. The maximum Gasteiger partial charge on any atom is 0.344 e. The number of rotatable bonds is 4. The van der Waals surface area contributed by atoms with E-state index in [4.69, 9.17) is 21.6 Å². The Morgan fingerprint density at radius 3 is 2.78 bits per heavy atom. The van der Waals surface area contributed by atoms with Crippen LogP contribution in [0.3, 0.4) is 0 Å². The van der Waals surface area contributed by atoms with Gasteiger partial charge in [0.2, 0.25) is 0 Å². The summed E-state index contributed by atoms with van der Waals surface area (Å²) in [5.74, 6) is 0. The van der Waals surface area contributed by atoms with Gasteiger partial charge in [-0.2, -0.15) is 5.06 Å². The highest BCUT2D eigenvalue weighted by Gasteiger charge is 2.63. The van der Waals surface area contributed by atoms with Crippen LogP contribution in [0.15, 0.2) is 35.5 Å². The van der Waals surface area contributed by atoms with Gasteiger partial charge in [-0.1, -0.05) is 47.1 Å². The molecule has 1 aromatic rings. The number of carbonyl (C=O) groups excluding carboxylic acids is 1. The number of hydrogen-bond acceptors (Lipinski definition) is 4. The van der Waals surface area contributed by atoms with E-state index in [1.165, 1.54) is 5.06 Å². The fourth-order valence-electron chi connectivity index (χ4n) is 3.77. The molecule has 23 heavy (non-hydrogen) atoms. The topological polar surface area (TPSA) is 65.4 Å². The largest absolute Gasteiger partial charge is 0.410 e. The van der Waals surface area contributed by atoms with Crippen LogP contribution in [-0.4, -0.2) is 45.0 Å². The van der Waals surface area contributed by atoms with E-state index in [-0.39, 0.29) is 28.7 Å². The lowest BCUT2D eigenvalue weighted by Gasteiger charge is -2.35. The SMILES string of the molecule is O=C1N2C[C@H](N1OCc1ccccc1)C1(CC1)CC2/C(Cl)=N/O. The molecule has 2 saturated heterocycles. The molecule has 1 spiro atoms. The molecule has 2 bridgehead atoms. The smallest absolute Gasteiger partial charge is 0.344 e. The van der Waals surface area contributed by atoms with Crippen molar-refractivity contribution in [3.05, 3.63) is 35.9 Å². The molecule has 0 radical (unpaired) electrons. The Morgan fingerprint density at radius 1 is 1.39 bits per heavy atom. The lowest BCUT2D eigenvalue weighted by molar-refractivity contribution is -0.153. The first-order chi connectivity index (χ1) is 11.1. The number of amides is 2. The first kappa shape index (κ1) is 14.8. The maximum absolute atomic E-state index is 12.7. The van der Waals surface area contributed by atoms with Crippen molar-refractivity contribution in [3.63, 3.8) is 0 Å². The van der Waals surface area contributed by atoms with Gasteiger partial charge in [-0.15, -0.1) is 0 Å². The summed E-state index contributed by atoms with van der Waals surface area (Å²) in [4.78, 5) is 20.2. The molecule has 122 valence electrons. The van der Waals surface area contributed by atoms with Crippen LogP contribution in [0.4, 0.5) is 4.79 Å².